The largest absolute Gasteiger partial charge is 0.457 e. The molecule has 152 valence electrons. The van der Waals surface area contributed by atoms with E-state index >= 15 is 0 Å². The van der Waals surface area contributed by atoms with Gasteiger partial charge in [-0.05, 0) is 30.3 Å². The number of nitro benzene ring substituents is 1. The van der Waals surface area contributed by atoms with Gasteiger partial charge in [-0.15, -0.1) is 0 Å². The highest BCUT2D eigenvalue weighted by Gasteiger charge is 2.20. The van der Waals surface area contributed by atoms with Crippen molar-refractivity contribution in [2.45, 2.75) is 0 Å². The van der Waals surface area contributed by atoms with E-state index in [0.717, 1.165) is 17.0 Å². The van der Waals surface area contributed by atoms with Crippen LogP contribution in [0.4, 0.5) is 11.4 Å². The SMILES string of the molecule is O=C(/C=C/c1ccc(-c2ccccc2)o1)N1CCN(c2ccc([N+](=O)[O-])cc2)CC1. The minimum absolute atomic E-state index is 0.0592. The molecule has 7 heteroatoms. The van der Waals surface area contributed by atoms with Crippen molar-refractivity contribution in [2.75, 3.05) is 31.1 Å². The van der Waals surface area contributed by atoms with E-state index in [1.165, 1.54) is 18.2 Å². The molecule has 0 unspecified atom stereocenters. The molecule has 1 saturated heterocycles. The predicted octanol–water partition coefficient (Wildman–Crippen LogP) is 4.22. The number of furan rings is 1. The maximum absolute atomic E-state index is 12.5. The number of anilines is 1. The number of piperazine rings is 1. The Morgan fingerprint density at radius 2 is 1.63 bits per heavy atom. The molecule has 7 nitrogen and oxygen atoms in total. The molecule has 0 aliphatic carbocycles. The minimum atomic E-state index is -0.408. The van der Waals surface area contributed by atoms with Crippen LogP contribution in [0.15, 0.2) is 77.2 Å². The van der Waals surface area contributed by atoms with Crippen molar-refractivity contribution in [1.82, 2.24) is 4.90 Å². The van der Waals surface area contributed by atoms with Crippen molar-refractivity contribution in [3.63, 3.8) is 0 Å². The van der Waals surface area contributed by atoms with Crippen molar-refractivity contribution in [2.24, 2.45) is 0 Å². The van der Waals surface area contributed by atoms with E-state index in [1.54, 1.807) is 23.1 Å². The third-order valence-electron chi connectivity index (χ3n) is 5.09. The lowest BCUT2D eigenvalue weighted by molar-refractivity contribution is -0.384. The molecule has 30 heavy (non-hydrogen) atoms. The Morgan fingerprint density at radius 1 is 0.933 bits per heavy atom. The highest BCUT2D eigenvalue weighted by Crippen LogP contribution is 2.23. The lowest BCUT2D eigenvalue weighted by Gasteiger charge is -2.35. The Balaban J connectivity index is 1.32. The zero-order valence-corrected chi connectivity index (χ0v) is 16.3. The lowest BCUT2D eigenvalue weighted by atomic mass is 10.2. The van der Waals surface area contributed by atoms with Gasteiger partial charge < -0.3 is 14.2 Å². The van der Waals surface area contributed by atoms with Gasteiger partial charge in [0.25, 0.3) is 5.69 Å². The van der Waals surface area contributed by atoms with E-state index in [0.29, 0.717) is 31.9 Å². The summed E-state index contributed by atoms with van der Waals surface area (Å²) in [6.07, 6.45) is 3.23. The van der Waals surface area contributed by atoms with Crippen molar-refractivity contribution < 1.29 is 14.1 Å². The number of hydrogen-bond acceptors (Lipinski definition) is 5. The molecular weight excluding hydrogens is 382 g/mol. The molecule has 0 bridgehead atoms. The molecule has 1 aromatic heterocycles. The van der Waals surface area contributed by atoms with Gasteiger partial charge in [0.2, 0.25) is 5.91 Å². The summed E-state index contributed by atoms with van der Waals surface area (Å²) in [5.41, 5.74) is 1.99. The highest BCUT2D eigenvalue weighted by molar-refractivity contribution is 5.91. The van der Waals surface area contributed by atoms with Crippen LogP contribution >= 0.6 is 0 Å². The van der Waals surface area contributed by atoms with Gasteiger partial charge in [-0.25, -0.2) is 0 Å². The summed E-state index contributed by atoms with van der Waals surface area (Å²) in [6, 6.07) is 20.0. The first-order chi connectivity index (χ1) is 14.6. The van der Waals surface area contributed by atoms with Crippen LogP contribution in [0.3, 0.4) is 0 Å². The third-order valence-corrected chi connectivity index (χ3v) is 5.09. The first kappa shape index (κ1) is 19.4. The quantitative estimate of drug-likeness (QED) is 0.362. The number of hydrogen-bond donors (Lipinski definition) is 0. The number of carbonyl (C=O) groups excluding carboxylic acids is 1. The second kappa shape index (κ2) is 8.65. The van der Waals surface area contributed by atoms with E-state index in [4.69, 9.17) is 4.42 Å². The number of benzene rings is 2. The van der Waals surface area contributed by atoms with Crippen LogP contribution in [0.5, 0.6) is 0 Å². The van der Waals surface area contributed by atoms with Crippen LogP contribution in [0.2, 0.25) is 0 Å². The third kappa shape index (κ3) is 4.41. The molecule has 1 aliphatic rings. The zero-order valence-electron chi connectivity index (χ0n) is 16.3. The number of nitro groups is 1. The summed E-state index contributed by atoms with van der Waals surface area (Å²) in [5, 5.41) is 10.8. The zero-order chi connectivity index (χ0) is 20.9. The molecule has 0 atom stereocenters. The predicted molar refractivity (Wildman–Crippen MR) is 115 cm³/mol. The molecular formula is C23H21N3O4. The molecule has 1 fully saturated rings. The fourth-order valence-corrected chi connectivity index (χ4v) is 3.43. The van der Waals surface area contributed by atoms with Gasteiger partial charge in [-0.1, -0.05) is 30.3 Å². The van der Waals surface area contributed by atoms with E-state index in [-0.39, 0.29) is 11.6 Å². The second-order valence-electron chi connectivity index (χ2n) is 6.99. The monoisotopic (exact) mass is 403 g/mol. The van der Waals surface area contributed by atoms with E-state index in [9.17, 15) is 14.9 Å². The van der Waals surface area contributed by atoms with Gasteiger partial charge in [0, 0.05) is 55.6 Å². The Morgan fingerprint density at radius 3 is 2.30 bits per heavy atom. The van der Waals surface area contributed by atoms with Crippen LogP contribution in [0, 0.1) is 10.1 Å². The fraction of sp³-hybridized carbons (Fsp3) is 0.174. The molecule has 0 spiro atoms. The van der Waals surface area contributed by atoms with E-state index < -0.39 is 4.92 Å². The first-order valence-corrected chi connectivity index (χ1v) is 9.72. The summed E-state index contributed by atoms with van der Waals surface area (Å²) >= 11 is 0. The van der Waals surface area contributed by atoms with E-state index in [2.05, 4.69) is 4.90 Å². The van der Waals surface area contributed by atoms with Crippen molar-refractivity contribution in [3.05, 3.63) is 88.7 Å². The number of carbonyl (C=O) groups is 1. The number of nitrogens with zero attached hydrogens (tertiary/aromatic N) is 3. The summed E-state index contributed by atoms with van der Waals surface area (Å²) in [7, 11) is 0. The summed E-state index contributed by atoms with van der Waals surface area (Å²) in [6.45, 7) is 2.54. The molecule has 0 saturated carbocycles. The van der Waals surface area contributed by atoms with Crippen molar-refractivity contribution in [1.29, 1.82) is 0 Å². The van der Waals surface area contributed by atoms with Crippen LogP contribution in [0.1, 0.15) is 5.76 Å². The Bertz CT molecular complexity index is 1050. The molecule has 1 aliphatic heterocycles. The molecule has 2 heterocycles. The molecule has 1 amide bonds. The van der Waals surface area contributed by atoms with Gasteiger partial charge in [0.15, 0.2) is 0 Å². The molecule has 4 rings (SSSR count). The number of non-ortho nitro benzene ring substituents is 1. The van der Waals surface area contributed by atoms with Crippen LogP contribution in [0.25, 0.3) is 17.4 Å². The average molecular weight is 403 g/mol. The summed E-state index contributed by atoms with van der Waals surface area (Å²) in [5.74, 6) is 1.34. The maximum atomic E-state index is 12.5. The minimum Gasteiger partial charge on any atom is -0.457 e. The second-order valence-corrected chi connectivity index (χ2v) is 6.99. The fourth-order valence-electron chi connectivity index (χ4n) is 3.43. The van der Waals surface area contributed by atoms with Crippen LogP contribution in [-0.4, -0.2) is 41.9 Å². The normalized spacial score (nSPS) is 14.3. The summed E-state index contributed by atoms with van der Waals surface area (Å²) in [4.78, 5) is 26.8. The maximum Gasteiger partial charge on any atom is 0.269 e. The standard InChI is InChI=1S/C23H21N3O4/c27-23(13-11-21-10-12-22(30-21)18-4-2-1-3-5-18)25-16-14-24(15-17-25)19-6-8-20(9-7-19)26(28)29/h1-13H,14-17H2/b13-11+. The molecule has 3 aromatic rings. The van der Waals surface area contributed by atoms with Gasteiger partial charge in [0.1, 0.15) is 11.5 Å². The first-order valence-electron chi connectivity index (χ1n) is 9.72. The lowest BCUT2D eigenvalue weighted by Crippen LogP contribution is -2.48. The highest BCUT2D eigenvalue weighted by atomic mass is 16.6. The molecule has 0 N–H and O–H groups in total. The van der Waals surface area contributed by atoms with Crippen molar-refractivity contribution in [3.8, 4) is 11.3 Å². The van der Waals surface area contributed by atoms with E-state index in [1.807, 2.05) is 42.5 Å². The summed E-state index contributed by atoms with van der Waals surface area (Å²) < 4.78 is 5.80. The Labute approximate surface area is 174 Å². The van der Waals surface area contributed by atoms with Crippen molar-refractivity contribution >= 4 is 23.4 Å². The Hall–Kier alpha value is -3.87. The van der Waals surface area contributed by atoms with Crippen LogP contribution < -0.4 is 4.90 Å². The smallest absolute Gasteiger partial charge is 0.269 e. The van der Waals surface area contributed by atoms with Gasteiger partial charge >= 0.3 is 0 Å². The van der Waals surface area contributed by atoms with Gasteiger partial charge in [-0.2, -0.15) is 0 Å². The molecule has 2 aromatic carbocycles. The van der Waals surface area contributed by atoms with Crippen LogP contribution in [-0.2, 0) is 4.79 Å². The Kier molecular flexibility index (Phi) is 5.61. The molecule has 0 radical (unpaired) electrons. The van der Waals surface area contributed by atoms with Gasteiger partial charge in [0.05, 0.1) is 4.92 Å². The number of amides is 1. The topological polar surface area (TPSA) is 79.8 Å². The van der Waals surface area contributed by atoms with Gasteiger partial charge in [-0.3, -0.25) is 14.9 Å². The number of rotatable bonds is 5. The average Bonchev–Trinajstić information content (AvgIpc) is 3.27.